The van der Waals surface area contributed by atoms with E-state index < -0.39 is 23.4 Å². The van der Waals surface area contributed by atoms with Crippen molar-refractivity contribution in [1.82, 2.24) is 14.9 Å². The van der Waals surface area contributed by atoms with Crippen LogP contribution in [0.3, 0.4) is 0 Å². The molecular formula is C31H34ClFN6O6. The van der Waals surface area contributed by atoms with E-state index in [1.54, 1.807) is 36.2 Å². The zero-order valence-electron chi connectivity index (χ0n) is 25.1. The van der Waals surface area contributed by atoms with Gasteiger partial charge in [-0.25, -0.2) is 14.2 Å². The standard InChI is InChI=1S/C31H34ClFN6O6/c1-17-27-19-9-8-18(36-30(43)44-3)14-23(19)37-24(41)7-5-4-6-20(28(35-17)38-27)29(42)39-13-12-31(15-39,45-16-40)25-22(34-2)11-10-21(32)26(25)33/h8-11,14,16,20,34H,4-7,12-13,15H2,1-3H3,(H,35,38)(H,36,43)(H,37,41)/t20?,31-/m0/s1. The van der Waals surface area contributed by atoms with Crippen molar-refractivity contribution in [3.63, 3.8) is 0 Å². The molecule has 5 rings (SSSR count). The molecule has 0 aliphatic carbocycles. The predicted molar refractivity (Wildman–Crippen MR) is 166 cm³/mol. The molecule has 2 aliphatic heterocycles. The number of carbonyl (C=O) groups is 4. The van der Waals surface area contributed by atoms with E-state index in [4.69, 9.17) is 21.3 Å². The molecule has 3 aromatic rings. The summed E-state index contributed by atoms with van der Waals surface area (Å²) in [6.07, 6.45) is 1.18. The Labute approximate surface area is 264 Å². The van der Waals surface area contributed by atoms with Crippen LogP contribution in [-0.4, -0.2) is 66.5 Å². The first-order valence-corrected chi connectivity index (χ1v) is 14.9. The lowest BCUT2D eigenvalue weighted by atomic mass is 9.90. The Balaban J connectivity index is 1.50. The molecule has 1 fully saturated rings. The molecule has 1 unspecified atom stereocenters. The summed E-state index contributed by atoms with van der Waals surface area (Å²) < 4.78 is 25.7. The fourth-order valence-electron chi connectivity index (χ4n) is 6.08. The normalized spacial score (nSPS) is 19.8. The second-order valence-electron chi connectivity index (χ2n) is 11.1. The van der Waals surface area contributed by atoms with E-state index in [2.05, 4.69) is 25.7 Å². The number of ether oxygens (including phenoxy) is 2. The van der Waals surface area contributed by atoms with E-state index in [0.29, 0.717) is 59.1 Å². The summed E-state index contributed by atoms with van der Waals surface area (Å²) in [4.78, 5) is 60.2. The van der Waals surface area contributed by atoms with Gasteiger partial charge >= 0.3 is 6.09 Å². The van der Waals surface area contributed by atoms with Crippen molar-refractivity contribution in [3.8, 4) is 11.3 Å². The van der Waals surface area contributed by atoms with Crippen LogP contribution < -0.4 is 16.0 Å². The molecular weight excluding hydrogens is 607 g/mol. The Morgan fingerprint density at radius 2 is 2.04 bits per heavy atom. The number of nitrogens with one attached hydrogen (secondary N) is 4. The first-order valence-electron chi connectivity index (χ1n) is 14.5. The van der Waals surface area contributed by atoms with Crippen molar-refractivity contribution in [1.29, 1.82) is 0 Å². The van der Waals surface area contributed by atoms with Gasteiger partial charge in [-0.2, -0.15) is 0 Å². The number of methoxy groups -OCH3 is 1. The number of hydrogen-bond donors (Lipinski definition) is 4. The summed E-state index contributed by atoms with van der Waals surface area (Å²) in [5, 5.41) is 8.32. The van der Waals surface area contributed by atoms with Gasteiger partial charge in [0, 0.05) is 49.1 Å². The molecule has 3 amide bonds. The lowest BCUT2D eigenvalue weighted by molar-refractivity contribution is -0.146. The van der Waals surface area contributed by atoms with Crippen LogP contribution in [0.25, 0.3) is 11.3 Å². The number of nitrogens with zero attached hydrogens (tertiary/aromatic N) is 2. The first kappa shape index (κ1) is 31.8. The average molecular weight is 641 g/mol. The fourth-order valence-corrected chi connectivity index (χ4v) is 6.24. The van der Waals surface area contributed by atoms with Gasteiger partial charge in [0.2, 0.25) is 11.8 Å². The molecule has 0 radical (unpaired) electrons. The molecule has 45 heavy (non-hydrogen) atoms. The van der Waals surface area contributed by atoms with Gasteiger partial charge in [-0.1, -0.05) is 18.0 Å². The molecule has 4 N–H and O–H groups in total. The summed E-state index contributed by atoms with van der Waals surface area (Å²) in [5.41, 5.74) is 1.69. The number of aromatic nitrogens is 2. The maximum absolute atomic E-state index is 15.5. The molecule has 12 nitrogen and oxygen atoms in total. The van der Waals surface area contributed by atoms with Gasteiger partial charge in [0.1, 0.15) is 5.82 Å². The molecule has 0 saturated carbocycles. The van der Waals surface area contributed by atoms with Gasteiger partial charge in [-0.15, -0.1) is 0 Å². The number of H-pyrrole nitrogens is 1. The Hall–Kier alpha value is -4.65. The minimum atomic E-state index is -1.45. The van der Waals surface area contributed by atoms with E-state index in [9.17, 15) is 19.2 Å². The van der Waals surface area contributed by atoms with Crippen molar-refractivity contribution < 1.29 is 33.0 Å². The minimum Gasteiger partial charge on any atom is -0.454 e. The van der Waals surface area contributed by atoms with E-state index in [1.807, 2.05) is 6.92 Å². The highest BCUT2D eigenvalue weighted by molar-refractivity contribution is 6.31. The number of rotatable bonds is 6. The number of benzene rings is 2. The SMILES string of the molecule is CNc1ccc(Cl)c(F)c1[C@]1(OC=O)CCN(C(=O)C2CCCCC(=O)Nc3cc(NC(=O)OC)ccc3-c3nc2[nH]c3C)C1. The number of likely N-dealkylation sites (tertiary alicyclic amines) is 1. The summed E-state index contributed by atoms with van der Waals surface area (Å²) in [5.74, 6) is -1.47. The van der Waals surface area contributed by atoms with E-state index in [-0.39, 0.29) is 54.8 Å². The number of aromatic amines is 1. The third-order valence-electron chi connectivity index (χ3n) is 8.30. The van der Waals surface area contributed by atoms with Crippen LogP contribution in [0.15, 0.2) is 30.3 Å². The Bertz CT molecular complexity index is 1650. The summed E-state index contributed by atoms with van der Waals surface area (Å²) in [6, 6.07) is 8.02. The largest absolute Gasteiger partial charge is 0.454 e. The average Bonchev–Trinajstić information content (AvgIpc) is 3.62. The van der Waals surface area contributed by atoms with Crippen LogP contribution >= 0.6 is 11.6 Å². The fraction of sp³-hybridized carbons (Fsp3) is 0.387. The Kier molecular flexibility index (Phi) is 9.28. The van der Waals surface area contributed by atoms with Gasteiger partial charge in [0.25, 0.3) is 6.47 Å². The molecule has 1 aromatic heterocycles. The second-order valence-corrected chi connectivity index (χ2v) is 11.5. The van der Waals surface area contributed by atoms with E-state index >= 15 is 4.39 Å². The summed E-state index contributed by atoms with van der Waals surface area (Å²) in [7, 11) is 2.87. The number of carbonyl (C=O) groups excluding carboxylic acids is 4. The smallest absolute Gasteiger partial charge is 0.411 e. The first-order chi connectivity index (χ1) is 21.6. The van der Waals surface area contributed by atoms with E-state index in [1.165, 1.54) is 13.2 Å². The van der Waals surface area contributed by atoms with Crippen LogP contribution in [0.1, 0.15) is 55.1 Å². The third-order valence-corrected chi connectivity index (χ3v) is 8.59. The highest BCUT2D eigenvalue weighted by Gasteiger charge is 2.48. The Morgan fingerprint density at radius 3 is 2.78 bits per heavy atom. The number of aryl methyl sites for hydroxylation is 1. The number of hydrogen-bond acceptors (Lipinski definition) is 8. The lowest BCUT2D eigenvalue weighted by Crippen LogP contribution is -2.39. The van der Waals surface area contributed by atoms with Crippen LogP contribution in [-0.2, 0) is 29.5 Å². The van der Waals surface area contributed by atoms with Crippen LogP contribution in [0.2, 0.25) is 5.02 Å². The van der Waals surface area contributed by atoms with E-state index in [0.717, 1.165) is 0 Å². The van der Waals surface area contributed by atoms with Crippen molar-refractivity contribution in [2.75, 3.05) is 43.2 Å². The predicted octanol–water partition coefficient (Wildman–Crippen LogP) is 5.29. The quantitative estimate of drug-likeness (QED) is 0.265. The number of anilines is 3. The minimum absolute atomic E-state index is 0.0819. The molecule has 238 valence electrons. The number of amides is 3. The monoisotopic (exact) mass is 640 g/mol. The van der Waals surface area contributed by atoms with Crippen LogP contribution in [0.5, 0.6) is 0 Å². The number of halogens is 2. The highest BCUT2D eigenvalue weighted by atomic mass is 35.5. The van der Waals surface area contributed by atoms with Gasteiger partial charge in [0.05, 0.1) is 41.5 Å². The molecule has 2 bridgehead atoms. The van der Waals surface area contributed by atoms with Crippen molar-refractivity contribution in [2.24, 2.45) is 0 Å². The zero-order valence-corrected chi connectivity index (χ0v) is 25.8. The van der Waals surface area contributed by atoms with Gasteiger partial charge in [-0.3, -0.25) is 19.7 Å². The molecule has 3 heterocycles. The lowest BCUT2D eigenvalue weighted by Gasteiger charge is -2.31. The summed E-state index contributed by atoms with van der Waals surface area (Å²) >= 11 is 6.12. The highest BCUT2D eigenvalue weighted by Crippen LogP contribution is 2.44. The third kappa shape index (κ3) is 6.30. The molecule has 2 atom stereocenters. The van der Waals surface area contributed by atoms with Crippen LogP contribution in [0, 0.1) is 12.7 Å². The van der Waals surface area contributed by atoms with Gasteiger partial charge < -0.3 is 30.0 Å². The van der Waals surface area contributed by atoms with Crippen molar-refractivity contribution >= 4 is 53.0 Å². The zero-order chi connectivity index (χ0) is 32.3. The molecule has 2 aromatic carbocycles. The maximum Gasteiger partial charge on any atom is 0.411 e. The van der Waals surface area contributed by atoms with Crippen LogP contribution in [0.4, 0.5) is 26.2 Å². The van der Waals surface area contributed by atoms with Gasteiger partial charge in [-0.05, 0) is 50.1 Å². The number of fused-ring (bicyclic) bond motifs is 4. The molecule has 14 heteroatoms. The van der Waals surface area contributed by atoms with Crippen molar-refractivity contribution in [2.45, 2.75) is 50.5 Å². The maximum atomic E-state index is 15.5. The van der Waals surface area contributed by atoms with Gasteiger partial charge in [0.15, 0.2) is 11.4 Å². The second kappa shape index (κ2) is 13.1. The Morgan fingerprint density at radius 1 is 1.24 bits per heavy atom. The van der Waals surface area contributed by atoms with Crippen molar-refractivity contribution in [3.05, 3.63) is 58.3 Å². The molecule has 0 spiro atoms. The molecule has 1 saturated heterocycles. The molecule has 2 aliphatic rings. The topological polar surface area (TPSA) is 155 Å². The summed E-state index contributed by atoms with van der Waals surface area (Å²) in [6.45, 7) is 2.20. The number of imidazole rings is 1.